The summed E-state index contributed by atoms with van der Waals surface area (Å²) in [5.74, 6) is 1.77. The summed E-state index contributed by atoms with van der Waals surface area (Å²) in [6.45, 7) is 8.91. The number of likely N-dealkylation sites (tertiary alicyclic amines) is 1. The lowest BCUT2D eigenvalue weighted by Crippen LogP contribution is -2.46. The van der Waals surface area contributed by atoms with Crippen LogP contribution in [0.1, 0.15) is 25.3 Å². The second-order valence-electron chi connectivity index (χ2n) is 6.82. The van der Waals surface area contributed by atoms with Crippen molar-refractivity contribution >= 4 is 11.6 Å². The molecule has 2 fully saturated rings. The van der Waals surface area contributed by atoms with Gasteiger partial charge in [0.25, 0.3) is 0 Å². The molecule has 5 heteroatoms. The second-order valence-corrected chi connectivity index (χ2v) is 6.82. The van der Waals surface area contributed by atoms with Gasteiger partial charge in [-0.25, -0.2) is 0 Å². The van der Waals surface area contributed by atoms with E-state index in [1.807, 2.05) is 7.05 Å². The summed E-state index contributed by atoms with van der Waals surface area (Å²) in [5.41, 5.74) is 2.64. The number of hydrogen-bond donors (Lipinski definition) is 1. The number of nitrogens with one attached hydrogen (secondary N) is 1. The third-order valence-electron chi connectivity index (χ3n) is 4.95. The molecule has 24 heavy (non-hydrogen) atoms. The van der Waals surface area contributed by atoms with Crippen molar-refractivity contribution in [2.45, 2.75) is 26.3 Å². The molecule has 1 atom stereocenters. The standard InChI is InChI=1S/C19H30N4O/c1-16-6-5-9-23(15-16)19(20-2)21-14-17-7-3-4-8-18(17)22-10-12-24-13-11-22/h3-4,7-8,16H,5-6,9-15H2,1-2H3,(H,20,21). The zero-order chi connectivity index (χ0) is 16.8. The Morgan fingerprint density at radius 3 is 2.79 bits per heavy atom. The number of ether oxygens (including phenoxy) is 1. The normalized spacial score (nSPS) is 22.6. The van der Waals surface area contributed by atoms with E-state index in [9.17, 15) is 0 Å². The zero-order valence-corrected chi connectivity index (χ0v) is 15.0. The fraction of sp³-hybridized carbons (Fsp3) is 0.632. The maximum Gasteiger partial charge on any atom is 0.193 e. The number of para-hydroxylation sites is 1. The van der Waals surface area contributed by atoms with Crippen LogP contribution in [-0.2, 0) is 11.3 Å². The molecule has 0 radical (unpaired) electrons. The number of benzene rings is 1. The zero-order valence-electron chi connectivity index (χ0n) is 15.0. The highest BCUT2D eigenvalue weighted by Gasteiger charge is 2.20. The van der Waals surface area contributed by atoms with Crippen molar-refractivity contribution in [2.75, 3.05) is 51.3 Å². The quantitative estimate of drug-likeness (QED) is 0.682. The van der Waals surface area contributed by atoms with Gasteiger partial charge in [-0.05, 0) is 30.4 Å². The molecule has 5 nitrogen and oxygen atoms in total. The van der Waals surface area contributed by atoms with Crippen LogP contribution < -0.4 is 10.2 Å². The Morgan fingerprint density at radius 1 is 1.25 bits per heavy atom. The average Bonchev–Trinajstić information content (AvgIpc) is 2.63. The fourth-order valence-corrected chi connectivity index (χ4v) is 3.66. The molecule has 0 bridgehead atoms. The van der Waals surface area contributed by atoms with E-state index in [1.165, 1.54) is 24.1 Å². The van der Waals surface area contributed by atoms with Crippen LogP contribution in [0.25, 0.3) is 0 Å². The van der Waals surface area contributed by atoms with Crippen molar-refractivity contribution in [3.63, 3.8) is 0 Å². The van der Waals surface area contributed by atoms with Gasteiger partial charge in [0.1, 0.15) is 0 Å². The smallest absolute Gasteiger partial charge is 0.193 e. The van der Waals surface area contributed by atoms with Crippen LogP contribution in [0.3, 0.4) is 0 Å². The molecule has 1 aromatic carbocycles. The topological polar surface area (TPSA) is 40.1 Å². The number of morpholine rings is 1. The van der Waals surface area contributed by atoms with E-state index < -0.39 is 0 Å². The maximum absolute atomic E-state index is 5.48. The van der Waals surface area contributed by atoms with Gasteiger partial charge < -0.3 is 19.9 Å². The van der Waals surface area contributed by atoms with Crippen LogP contribution in [0.15, 0.2) is 29.3 Å². The fourth-order valence-electron chi connectivity index (χ4n) is 3.66. The van der Waals surface area contributed by atoms with E-state index in [0.29, 0.717) is 0 Å². The number of guanidine groups is 1. The van der Waals surface area contributed by atoms with Gasteiger partial charge in [-0.2, -0.15) is 0 Å². The Labute approximate surface area is 145 Å². The summed E-state index contributed by atoms with van der Waals surface area (Å²) in [4.78, 5) is 9.32. The molecule has 3 rings (SSSR count). The van der Waals surface area contributed by atoms with E-state index in [1.54, 1.807) is 0 Å². The summed E-state index contributed by atoms with van der Waals surface area (Å²) < 4.78 is 5.48. The molecule has 0 aromatic heterocycles. The van der Waals surface area contributed by atoms with Gasteiger partial charge >= 0.3 is 0 Å². The summed E-state index contributed by atoms with van der Waals surface area (Å²) in [7, 11) is 1.88. The van der Waals surface area contributed by atoms with Crippen LogP contribution in [0.5, 0.6) is 0 Å². The third kappa shape index (κ3) is 4.20. The molecule has 1 N–H and O–H groups in total. The van der Waals surface area contributed by atoms with E-state index in [-0.39, 0.29) is 0 Å². The molecule has 1 unspecified atom stereocenters. The Hall–Kier alpha value is -1.75. The van der Waals surface area contributed by atoms with E-state index in [2.05, 4.69) is 51.3 Å². The minimum absolute atomic E-state index is 0.748. The molecule has 132 valence electrons. The van der Waals surface area contributed by atoms with Crippen molar-refractivity contribution in [1.82, 2.24) is 10.2 Å². The highest BCUT2D eigenvalue weighted by atomic mass is 16.5. The first-order valence-corrected chi connectivity index (χ1v) is 9.14. The van der Waals surface area contributed by atoms with Crippen LogP contribution in [0, 0.1) is 5.92 Å². The number of hydrogen-bond acceptors (Lipinski definition) is 3. The Bertz CT molecular complexity index is 554. The molecular weight excluding hydrogens is 300 g/mol. The maximum atomic E-state index is 5.48. The van der Waals surface area contributed by atoms with Gasteiger partial charge in [0.15, 0.2) is 5.96 Å². The van der Waals surface area contributed by atoms with Gasteiger partial charge in [0.2, 0.25) is 0 Å². The van der Waals surface area contributed by atoms with Crippen molar-refractivity contribution in [3.05, 3.63) is 29.8 Å². The molecule has 2 aliphatic heterocycles. The minimum Gasteiger partial charge on any atom is -0.378 e. The summed E-state index contributed by atoms with van der Waals surface area (Å²) in [6, 6.07) is 8.67. The van der Waals surface area contributed by atoms with Gasteiger partial charge in [0.05, 0.1) is 13.2 Å². The SMILES string of the molecule is CN=C(NCc1ccccc1N1CCOCC1)N1CCCC(C)C1. The van der Waals surface area contributed by atoms with Crippen molar-refractivity contribution < 1.29 is 4.74 Å². The number of nitrogens with zero attached hydrogens (tertiary/aromatic N) is 3. The number of rotatable bonds is 3. The van der Waals surface area contributed by atoms with E-state index >= 15 is 0 Å². The second kappa shape index (κ2) is 8.38. The molecular formula is C19H30N4O. The van der Waals surface area contributed by atoms with Crippen molar-refractivity contribution in [3.8, 4) is 0 Å². The van der Waals surface area contributed by atoms with Gasteiger partial charge in [-0.15, -0.1) is 0 Å². The van der Waals surface area contributed by atoms with Crippen LogP contribution >= 0.6 is 0 Å². The van der Waals surface area contributed by atoms with Crippen LogP contribution in [0.2, 0.25) is 0 Å². The molecule has 2 aliphatic rings. The van der Waals surface area contributed by atoms with Crippen LogP contribution in [0.4, 0.5) is 5.69 Å². The van der Waals surface area contributed by atoms with Gasteiger partial charge in [0, 0.05) is 45.5 Å². The molecule has 2 saturated heterocycles. The van der Waals surface area contributed by atoms with Crippen molar-refractivity contribution in [2.24, 2.45) is 10.9 Å². The Kier molecular flexibility index (Phi) is 5.96. The van der Waals surface area contributed by atoms with Gasteiger partial charge in [-0.3, -0.25) is 4.99 Å². The monoisotopic (exact) mass is 330 g/mol. The third-order valence-corrected chi connectivity index (χ3v) is 4.95. The first-order chi connectivity index (χ1) is 11.8. The lowest BCUT2D eigenvalue weighted by molar-refractivity contribution is 0.122. The number of piperidine rings is 1. The van der Waals surface area contributed by atoms with E-state index in [4.69, 9.17) is 4.74 Å². The first-order valence-electron chi connectivity index (χ1n) is 9.14. The van der Waals surface area contributed by atoms with Crippen LogP contribution in [-0.4, -0.2) is 57.3 Å². The lowest BCUT2D eigenvalue weighted by atomic mass is 10.0. The Balaban J connectivity index is 1.65. The predicted octanol–water partition coefficient (Wildman–Crippen LogP) is 2.33. The number of anilines is 1. The van der Waals surface area contributed by atoms with Crippen molar-refractivity contribution in [1.29, 1.82) is 0 Å². The molecule has 0 amide bonds. The Morgan fingerprint density at radius 2 is 2.04 bits per heavy atom. The lowest BCUT2D eigenvalue weighted by Gasteiger charge is -2.34. The summed E-state index contributed by atoms with van der Waals surface area (Å²) in [5, 5.41) is 3.57. The van der Waals surface area contributed by atoms with Gasteiger partial charge in [-0.1, -0.05) is 25.1 Å². The predicted molar refractivity (Wildman–Crippen MR) is 99.6 cm³/mol. The first kappa shape index (κ1) is 17.1. The highest BCUT2D eigenvalue weighted by molar-refractivity contribution is 5.80. The summed E-state index contributed by atoms with van der Waals surface area (Å²) >= 11 is 0. The highest BCUT2D eigenvalue weighted by Crippen LogP contribution is 2.22. The molecule has 0 spiro atoms. The summed E-state index contributed by atoms with van der Waals surface area (Å²) in [6.07, 6.45) is 2.58. The molecule has 0 saturated carbocycles. The molecule has 1 aromatic rings. The largest absolute Gasteiger partial charge is 0.378 e. The number of aliphatic imine (C=N–C) groups is 1. The molecule has 0 aliphatic carbocycles. The van der Waals surface area contributed by atoms with E-state index in [0.717, 1.165) is 57.8 Å². The minimum atomic E-state index is 0.748. The molecule has 2 heterocycles. The average molecular weight is 330 g/mol.